The Kier molecular flexibility index (Phi) is 6.51. The van der Waals surface area contributed by atoms with Crippen molar-refractivity contribution in [3.8, 4) is 5.75 Å². The van der Waals surface area contributed by atoms with Gasteiger partial charge in [0.2, 0.25) is 5.91 Å². The van der Waals surface area contributed by atoms with Gasteiger partial charge in [0, 0.05) is 31.7 Å². The monoisotopic (exact) mass is 425 g/mol. The summed E-state index contributed by atoms with van der Waals surface area (Å²) >= 11 is 0. The predicted octanol–water partition coefficient (Wildman–Crippen LogP) is 3.96. The van der Waals surface area contributed by atoms with Crippen LogP contribution >= 0.6 is 0 Å². The van der Waals surface area contributed by atoms with E-state index in [4.69, 9.17) is 4.74 Å². The summed E-state index contributed by atoms with van der Waals surface area (Å²) in [5.74, 6) is 2.07. The third-order valence-electron chi connectivity index (χ3n) is 7.74. The predicted molar refractivity (Wildman–Crippen MR) is 123 cm³/mol. The van der Waals surface area contributed by atoms with Crippen molar-refractivity contribution in [1.82, 2.24) is 15.1 Å². The van der Waals surface area contributed by atoms with Crippen LogP contribution in [0.25, 0.3) is 0 Å². The van der Waals surface area contributed by atoms with Crippen molar-refractivity contribution in [3.63, 3.8) is 0 Å². The zero-order valence-electron chi connectivity index (χ0n) is 19.1. The first-order valence-electron chi connectivity index (χ1n) is 12.7. The number of nitrogens with zero attached hydrogens (tertiary/aromatic N) is 2. The van der Waals surface area contributed by atoms with Gasteiger partial charge in [0.25, 0.3) is 0 Å². The van der Waals surface area contributed by atoms with Gasteiger partial charge in [-0.15, -0.1) is 0 Å². The van der Waals surface area contributed by atoms with E-state index in [0.29, 0.717) is 24.1 Å². The molecule has 0 unspecified atom stereocenters. The number of benzene rings is 1. The number of carbonyl (C=O) groups is 1. The minimum absolute atomic E-state index is 0.0689. The average molecular weight is 426 g/mol. The van der Waals surface area contributed by atoms with Crippen molar-refractivity contribution >= 4 is 5.91 Å². The molecule has 0 spiro atoms. The summed E-state index contributed by atoms with van der Waals surface area (Å²) in [6.45, 7) is 2.52. The Morgan fingerprint density at radius 2 is 1.81 bits per heavy atom. The first-order valence-corrected chi connectivity index (χ1v) is 12.7. The first-order chi connectivity index (χ1) is 15.2. The summed E-state index contributed by atoms with van der Waals surface area (Å²) in [7, 11) is 1.98. The van der Waals surface area contributed by atoms with E-state index in [1.165, 1.54) is 69.8 Å². The van der Waals surface area contributed by atoms with Crippen LogP contribution in [0.5, 0.6) is 5.75 Å². The number of amides is 1. The van der Waals surface area contributed by atoms with Crippen LogP contribution in [0, 0.1) is 5.92 Å². The fourth-order valence-corrected chi connectivity index (χ4v) is 5.79. The second-order valence-corrected chi connectivity index (χ2v) is 10.2. The molecule has 1 aliphatic heterocycles. The standard InChI is InChI=1S/C26H39N3O2/c1-27-17-25(26(30)28-16-4-6-20-5-2-3-7-24(20)28)29(21-10-11-21)18-19-8-12-22(13-9-19)31-23-14-15-23/h8-9,12-13,20-21,23-25,27H,2-7,10-11,14-18H2,1H3/t20-,24+,25-/m1/s1. The Bertz CT molecular complexity index is 742. The lowest BCUT2D eigenvalue weighted by Gasteiger charge is -2.46. The number of nitrogens with one attached hydrogen (secondary N) is 1. The molecule has 4 fully saturated rings. The van der Waals surface area contributed by atoms with E-state index in [1.54, 1.807) is 0 Å². The van der Waals surface area contributed by atoms with Crippen molar-refractivity contribution in [1.29, 1.82) is 0 Å². The molecule has 3 atom stereocenters. The van der Waals surface area contributed by atoms with E-state index in [2.05, 4.69) is 39.4 Å². The van der Waals surface area contributed by atoms with Crippen LogP contribution in [0.1, 0.15) is 69.8 Å². The number of rotatable bonds is 9. The van der Waals surface area contributed by atoms with Gasteiger partial charge in [0.15, 0.2) is 0 Å². The van der Waals surface area contributed by atoms with Gasteiger partial charge in [-0.05, 0) is 82.0 Å². The molecule has 5 heteroatoms. The zero-order chi connectivity index (χ0) is 21.2. The number of carbonyl (C=O) groups excluding carboxylic acids is 1. The molecule has 1 aromatic rings. The summed E-state index contributed by atoms with van der Waals surface area (Å²) in [5, 5.41) is 3.34. The molecular weight excluding hydrogens is 386 g/mol. The van der Waals surface area contributed by atoms with Crippen LogP contribution in [-0.2, 0) is 11.3 Å². The second-order valence-electron chi connectivity index (χ2n) is 10.2. The highest BCUT2D eigenvalue weighted by molar-refractivity contribution is 5.82. The van der Waals surface area contributed by atoms with Gasteiger partial charge in [0.05, 0.1) is 6.10 Å². The van der Waals surface area contributed by atoms with Gasteiger partial charge in [-0.2, -0.15) is 0 Å². The van der Waals surface area contributed by atoms with Crippen molar-refractivity contribution < 1.29 is 9.53 Å². The van der Waals surface area contributed by atoms with Crippen LogP contribution < -0.4 is 10.1 Å². The maximum atomic E-state index is 13.9. The summed E-state index contributed by atoms with van der Waals surface area (Å²) < 4.78 is 5.91. The van der Waals surface area contributed by atoms with E-state index < -0.39 is 0 Å². The summed E-state index contributed by atoms with van der Waals surface area (Å²) in [6.07, 6.45) is 12.8. The zero-order valence-corrected chi connectivity index (χ0v) is 19.1. The number of piperidine rings is 1. The molecule has 1 saturated heterocycles. The van der Waals surface area contributed by atoms with E-state index >= 15 is 0 Å². The molecule has 0 aromatic heterocycles. The Balaban J connectivity index is 1.30. The number of hydrogen-bond acceptors (Lipinski definition) is 4. The Morgan fingerprint density at radius 1 is 1.06 bits per heavy atom. The van der Waals surface area contributed by atoms with Crippen molar-refractivity contribution in [2.45, 2.75) is 95.0 Å². The molecule has 1 heterocycles. The molecule has 31 heavy (non-hydrogen) atoms. The molecule has 4 aliphatic rings. The SMILES string of the molecule is CNC[C@H](C(=O)N1CCC[C@H]2CCCC[C@@H]21)N(Cc1ccc(OC2CC2)cc1)C1CC1. The lowest BCUT2D eigenvalue weighted by atomic mass is 9.78. The Morgan fingerprint density at radius 3 is 2.52 bits per heavy atom. The topological polar surface area (TPSA) is 44.8 Å². The van der Waals surface area contributed by atoms with Crippen molar-refractivity contribution in [3.05, 3.63) is 29.8 Å². The third kappa shape index (κ3) is 5.09. The summed E-state index contributed by atoms with van der Waals surface area (Å²) in [6, 6.07) is 9.53. The third-order valence-corrected chi connectivity index (χ3v) is 7.74. The van der Waals surface area contributed by atoms with Crippen molar-refractivity contribution in [2.24, 2.45) is 5.92 Å². The Hall–Kier alpha value is -1.59. The largest absolute Gasteiger partial charge is 0.490 e. The van der Waals surface area contributed by atoms with E-state index in [-0.39, 0.29) is 6.04 Å². The highest BCUT2D eigenvalue weighted by Crippen LogP contribution is 2.37. The molecule has 0 bridgehead atoms. The van der Waals surface area contributed by atoms with E-state index in [1.807, 2.05) is 7.05 Å². The average Bonchev–Trinajstić information content (AvgIpc) is 3.72. The van der Waals surface area contributed by atoms with Crippen LogP contribution in [0.2, 0.25) is 0 Å². The molecule has 1 aromatic carbocycles. The lowest BCUT2D eigenvalue weighted by molar-refractivity contribution is -0.144. The highest BCUT2D eigenvalue weighted by atomic mass is 16.5. The fraction of sp³-hybridized carbons (Fsp3) is 0.731. The summed E-state index contributed by atoms with van der Waals surface area (Å²) in [5.41, 5.74) is 1.28. The molecule has 3 aliphatic carbocycles. The van der Waals surface area contributed by atoms with E-state index in [0.717, 1.165) is 31.3 Å². The van der Waals surface area contributed by atoms with Gasteiger partial charge >= 0.3 is 0 Å². The number of likely N-dealkylation sites (N-methyl/N-ethyl adjacent to an activating group) is 1. The lowest BCUT2D eigenvalue weighted by Crippen LogP contribution is -2.58. The molecule has 1 amide bonds. The second kappa shape index (κ2) is 9.50. The van der Waals surface area contributed by atoms with Gasteiger partial charge in [-0.1, -0.05) is 25.0 Å². The van der Waals surface area contributed by atoms with Gasteiger partial charge < -0.3 is 15.0 Å². The van der Waals surface area contributed by atoms with Gasteiger partial charge in [0.1, 0.15) is 11.8 Å². The molecule has 0 radical (unpaired) electrons. The number of fused-ring (bicyclic) bond motifs is 1. The quantitative estimate of drug-likeness (QED) is 0.650. The number of hydrogen-bond donors (Lipinski definition) is 1. The minimum Gasteiger partial charge on any atom is -0.490 e. The normalized spacial score (nSPS) is 27.1. The smallest absolute Gasteiger partial charge is 0.241 e. The molecule has 5 nitrogen and oxygen atoms in total. The molecule has 3 saturated carbocycles. The van der Waals surface area contributed by atoms with Gasteiger partial charge in [-0.3, -0.25) is 9.69 Å². The first kappa shape index (κ1) is 21.3. The molecular formula is C26H39N3O2. The number of likely N-dealkylation sites (tertiary alicyclic amines) is 1. The minimum atomic E-state index is -0.0689. The van der Waals surface area contributed by atoms with Crippen molar-refractivity contribution in [2.75, 3.05) is 20.1 Å². The van der Waals surface area contributed by atoms with E-state index in [9.17, 15) is 4.79 Å². The maximum Gasteiger partial charge on any atom is 0.241 e. The van der Waals surface area contributed by atoms with Crippen LogP contribution in [0.4, 0.5) is 0 Å². The van der Waals surface area contributed by atoms with Crippen LogP contribution in [0.3, 0.4) is 0 Å². The van der Waals surface area contributed by atoms with Crippen LogP contribution in [-0.4, -0.2) is 60.1 Å². The maximum absolute atomic E-state index is 13.9. The molecule has 5 rings (SSSR count). The molecule has 1 N–H and O–H groups in total. The highest BCUT2D eigenvalue weighted by Gasteiger charge is 2.42. The van der Waals surface area contributed by atoms with Crippen LogP contribution in [0.15, 0.2) is 24.3 Å². The number of ether oxygens (including phenoxy) is 1. The van der Waals surface area contributed by atoms with Gasteiger partial charge in [-0.25, -0.2) is 0 Å². The summed E-state index contributed by atoms with van der Waals surface area (Å²) in [4.78, 5) is 18.7. The Labute approximate surface area is 187 Å². The molecule has 170 valence electrons. The fourth-order valence-electron chi connectivity index (χ4n) is 5.79.